The van der Waals surface area contributed by atoms with Gasteiger partial charge in [0.05, 0.1) is 5.92 Å². The molecular formula is C9H19NO2. The van der Waals surface area contributed by atoms with Crippen molar-refractivity contribution in [3.05, 3.63) is 0 Å². The SMILES string of the molecule is C[C@@H](C[C@@H](C)N)C[C@H](C)C(=O)O. The van der Waals surface area contributed by atoms with Gasteiger partial charge < -0.3 is 10.8 Å². The third-order valence-corrected chi connectivity index (χ3v) is 1.95. The highest BCUT2D eigenvalue weighted by molar-refractivity contribution is 5.69. The molecule has 3 atom stereocenters. The third-order valence-electron chi connectivity index (χ3n) is 1.95. The molecule has 12 heavy (non-hydrogen) atoms. The van der Waals surface area contributed by atoms with E-state index in [0.717, 1.165) is 12.8 Å². The van der Waals surface area contributed by atoms with E-state index < -0.39 is 5.97 Å². The second kappa shape index (κ2) is 5.14. The van der Waals surface area contributed by atoms with Gasteiger partial charge >= 0.3 is 5.97 Å². The molecule has 72 valence electrons. The van der Waals surface area contributed by atoms with Crippen LogP contribution in [0.3, 0.4) is 0 Å². The van der Waals surface area contributed by atoms with E-state index in [2.05, 4.69) is 0 Å². The minimum Gasteiger partial charge on any atom is -0.481 e. The third kappa shape index (κ3) is 5.13. The molecule has 0 aromatic rings. The van der Waals surface area contributed by atoms with Crippen LogP contribution in [0.25, 0.3) is 0 Å². The molecule has 0 aliphatic heterocycles. The number of rotatable bonds is 5. The van der Waals surface area contributed by atoms with Crippen molar-refractivity contribution in [2.75, 3.05) is 0 Å². The predicted molar refractivity (Wildman–Crippen MR) is 48.8 cm³/mol. The second-order valence-corrected chi connectivity index (χ2v) is 3.79. The molecule has 0 aromatic heterocycles. The summed E-state index contributed by atoms with van der Waals surface area (Å²) in [6.07, 6.45) is 1.62. The van der Waals surface area contributed by atoms with Crippen LogP contribution >= 0.6 is 0 Å². The molecule has 0 fully saturated rings. The Morgan fingerprint density at radius 2 is 1.83 bits per heavy atom. The largest absolute Gasteiger partial charge is 0.481 e. The molecular weight excluding hydrogens is 154 g/mol. The van der Waals surface area contributed by atoms with E-state index in [0.29, 0.717) is 5.92 Å². The van der Waals surface area contributed by atoms with Crippen LogP contribution in [0.5, 0.6) is 0 Å². The monoisotopic (exact) mass is 173 g/mol. The van der Waals surface area contributed by atoms with Crippen LogP contribution in [0.2, 0.25) is 0 Å². The lowest BCUT2D eigenvalue weighted by Gasteiger charge is -2.15. The van der Waals surface area contributed by atoms with Gasteiger partial charge in [-0.2, -0.15) is 0 Å². The minimum absolute atomic E-state index is 0.168. The number of carboxylic acids is 1. The van der Waals surface area contributed by atoms with Crippen LogP contribution in [0.4, 0.5) is 0 Å². The molecule has 0 unspecified atom stereocenters. The van der Waals surface area contributed by atoms with Crippen molar-refractivity contribution < 1.29 is 9.90 Å². The van der Waals surface area contributed by atoms with Crippen molar-refractivity contribution in [2.45, 2.75) is 39.7 Å². The smallest absolute Gasteiger partial charge is 0.306 e. The fourth-order valence-corrected chi connectivity index (χ4v) is 1.44. The first-order valence-corrected chi connectivity index (χ1v) is 4.41. The fraction of sp³-hybridized carbons (Fsp3) is 0.889. The summed E-state index contributed by atoms with van der Waals surface area (Å²) >= 11 is 0. The van der Waals surface area contributed by atoms with Crippen LogP contribution in [0, 0.1) is 11.8 Å². The number of hydrogen-bond acceptors (Lipinski definition) is 2. The van der Waals surface area contributed by atoms with Crippen LogP contribution in [0.15, 0.2) is 0 Å². The topological polar surface area (TPSA) is 63.3 Å². The first-order chi connectivity index (χ1) is 5.43. The van der Waals surface area contributed by atoms with E-state index in [-0.39, 0.29) is 12.0 Å². The average molecular weight is 173 g/mol. The first-order valence-electron chi connectivity index (χ1n) is 4.41. The molecule has 3 heteroatoms. The van der Waals surface area contributed by atoms with Crippen molar-refractivity contribution in [1.82, 2.24) is 0 Å². The van der Waals surface area contributed by atoms with Gasteiger partial charge in [0.25, 0.3) is 0 Å². The van der Waals surface area contributed by atoms with Gasteiger partial charge in [-0.1, -0.05) is 13.8 Å². The van der Waals surface area contributed by atoms with Gasteiger partial charge in [0.15, 0.2) is 0 Å². The van der Waals surface area contributed by atoms with Crippen molar-refractivity contribution in [1.29, 1.82) is 0 Å². The Hall–Kier alpha value is -0.570. The van der Waals surface area contributed by atoms with Gasteiger partial charge in [-0.05, 0) is 25.7 Å². The summed E-state index contributed by atoms with van der Waals surface area (Å²) in [5.74, 6) is -0.568. The summed E-state index contributed by atoms with van der Waals surface area (Å²) in [7, 11) is 0. The summed E-state index contributed by atoms with van der Waals surface area (Å²) in [5.41, 5.74) is 5.60. The molecule has 0 aliphatic rings. The fourth-order valence-electron chi connectivity index (χ4n) is 1.44. The number of carbonyl (C=O) groups is 1. The van der Waals surface area contributed by atoms with Gasteiger partial charge in [0.2, 0.25) is 0 Å². The van der Waals surface area contributed by atoms with Gasteiger partial charge in [0.1, 0.15) is 0 Å². The molecule has 0 aromatic carbocycles. The van der Waals surface area contributed by atoms with Gasteiger partial charge in [0, 0.05) is 6.04 Å². The molecule has 0 amide bonds. The lowest BCUT2D eigenvalue weighted by Crippen LogP contribution is -2.21. The van der Waals surface area contributed by atoms with Gasteiger partial charge in [-0.25, -0.2) is 0 Å². The molecule has 0 saturated heterocycles. The maximum Gasteiger partial charge on any atom is 0.306 e. The van der Waals surface area contributed by atoms with Crippen molar-refractivity contribution in [3.8, 4) is 0 Å². The molecule has 0 aliphatic carbocycles. The van der Waals surface area contributed by atoms with Gasteiger partial charge in [-0.15, -0.1) is 0 Å². The van der Waals surface area contributed by atoms with Gasteiger partial charge in [-0.3, -0.25) is 4.79 Å². The van der Waals surface area contributed by atoms with E-state index in [1.54, 1.807) is 6.92 Å². The van der Waals surface area contributed by atoms with E-state index in [1.807, 2.05) is 13.8 Å². The Morgan fingerprint density at radius 1 is 1.33 bits per heavy atom. The van der Waals surface area contributed by atoms with Crippen LogP contribution in [-0.4, -0.2) is 17.1 Å². The maximum atomic E-state index is 10.5. The quantitative estimate of drug-likeness (QED) is 0.661. The highest BCUT2D eigenvalue weighted by Gasteiger charge is 2.15. The van der Waals surface area contributed by atoms with Crippen LogP contribution in [0.1, 0.15) is 33.6 Å². The Labute approximate surface area is 74.0 Å². The summed E-state index contributed by atoms with van der Waals surface area (Å²) in [6, 6.07) is 0.168. The Morgan fingerprint density at radius 3 is 2.17 bits per heavy atom. The molecule has 0 rings (SSSR count). The molecule has 0 spiro atoms. The van der Waals surface area contributed by atoms with Crippen LogP contribution in [-0.2, 0) is 4.79 Å². The molecule has 0 heterocycles. The first kappa shape index (κ1) is 11.4. The lowest BCUT2D eigenvalue weighted by atomic mass is 9.92. The molecule has 3 N–H and O–H groups in total. The van der Waals surface area contributed by atoms with E-state index >= 15 is 0 Å². The zero-order valence-electron chi connectivity index (χ0n) is 8.08. The summed E-state index contributed by atoms with van der Waals surface area (Å²) < 4.78 is 0. The van der Waals surface area contributed by atoms with E-state index in [4.69, 9.17) is 10.8 Å². The number of carboxylic acid groups (broad SMARTS) is 1. The number of hydrogen-bond donors (Lipinski definition) is 2. The maximum absolute atomic E-state index is 10.5. The highest BCUT2D eigenvalue weighted by Crippen LogP contribution is 2.16. The van der Waals surface area contributed by atoms with E-state index in [9.17, 15) is 4.79 Å². The van der Waals surface area contributed by atoms with Crippen LogP contribution < -0.4 is 5.73 Å². The van der Waals surface area contributed by atoms with Crippen molar-refractivity contribution in [3.63, 3.8) is 0 Å². The molecule has 0 saturated carbocycles. The number of nitrogens with two attached hydrogens (primary N) is 1. The molecule has 3 nitrogen and oxygen atoms in total. The van der Waals surface area contributed by atoms with Crippen molar-refractivity contribution >= 4 is 5.97 Å². The lowest BCUT2D eigenvalue weighted by molar-refractivity contribution is -0.141. The minimum atomic E-state index is -0.716. The normalized spacial score (nSPS) is 18.3. The summed E-state index contributed by atoms with van der Waals surface area (Å²) in [5, 5.41) is 8.63. The number of aliphatic carboxylic acids is 1. The molecule has 0 bridgehead atoms. The zero-order chi connectivity index (χ0) is 9.72. The highest BCUT2D eigenvalue weighted by atomic mass is 16.4. The predicted octanol–water partition coefficient (Wildman–Crippen LogP) is 1.47. The summed E-state index contributed by atoms with van der Waals surface area (Å²) in [6.45, 7) is 5.73. The standard InChI is InChI=1S/C9H19NO2/c1-6(5-8(3)10)4-7(2)9(11)12/h6-8H,4-5,10H2,1-3H3,(H,11,12)/t6-,7+,8-/m1/s1. The zero-order valence-corrected chi connectivity index (χ0v) is 8.08. The van der Waals surface area contributed by atoms with Crippen molar-refractivity contribution in [2.24, 2.45) is 17.6 Å². The van der Waals surface area contributed by atoms with E-state index in [1.165, 1.54) is 0 Å². The summed E-state index contributed by atoms with van der Waals surface area (Å²) in [4.78, 5) is 10.5. The molecule has 0 radical (unpaired) electrons. The Bertz CT molecular complexity index is 145. The second-order valence-electron chi connectivity index (χ2n) is 3.79. The Balaban J connectivity index is 3.68. The average Bonchev–Trinajstić information content (AvgIpc) is 1.84. The Kier molecular flexibility index (Phi) is 4.90.